The largest absolute Gasteiger partial charge is 0.353 e. The summed E-state index contributed by atoms with van der Waals surface area (Å²) < 4.78 is 0. The average Bonchev–Trinajstić information content (AvgIpc) is 3.55. The second-order valence-electron chi connectivity index (χ2n) is 7.69. The Balaban J connectivity index is 0.00000171. The van der Waals surface area contributed by atoms with Crippen LogP contribution in [0.2, 0.25) is 5.02 Å². The number of carbonyl (C=O) groups is 2. The normalized spacial score (nSPS) is 19.6. The molecule has 2 heterocycles. The summed E-state index contributed by atoms with van der Waals surface area (Å²) >= 11 is 6.87. The number of halogens is 3. The van der Waals surface area contributed by atoms with Gasteiger partial charge in [-0.1, -0.05) is 35.9 Å². The number of nitrogens with one attached hydrogen (secondary N) is 4. The summed E-state index contributed by atoms with van der Waals surface area (Å²) in [5, 5.41) is 14.9. The molecule has 5 rings (SSSR count). The van der Waals surface area contributed by atoms with Gasteiger partial charge in [0.05, 0.1) is 35.6 Å². The fourth-order valence-corrected chi connectivity index (χ4v) is 4.65. The molecule has 3 aliphatic rings. The van der Waals surface area contributed by atoms with E-state index in [-0.39, 0.29) is 29.8 Å². The van der Waals surface area contributed by atoms with Gasteiger partial charge >= 0.3 is 0 Å². The van der Waals surface area contributed by atoms with Gasteiger partial charge in [0.15, 0.2) is 0 Å². The Morgan fingerprint density at radius 1 is 0.914 bits per heavy atom. The van der Waals surface area contributed by atoms with Crippen LogP contribution >= 0.6 is 36.4 Å². The monoisotopic (exact) mass is 536 g/mol. The molecule has 35 heavy (non-hydrogen) atoms. The molecule has 10 nitrogen and oxygen atoms in total. The lowest BCUT2D eigenvalue weighted by Crippen LogP contribution is -2.37. The van der Waals surface area contributed by atoms with E-state index in [1.807, 2.05) is 24.3 Å². The summed E-state index contributed by atoms with van der Waals surface area (Å²) in [6.45, 7) is 2.71. The molecule has 0 spiro atoms. The minimum atomic E-state index is -0.626. The van der Waals surface area contributed by atoms with E-state index < -0.39 is 11.8 Å². The van der Waals surface area contributed by atoms with Gasteiger partial charge in [-0.15, -0.1) is 35.0 Å². The van der Waals surface area contributed by atoms with E-state index in [9.17, 15) is 9.59 Å². The molecule has 0 saturated heterocycles. The van der Waals surface area contributed by atoms with Crippen LogP contribution in [0.25, 0.3) is 0 Å². The predicted molar refractivity (Wildman–Crippen MR) is 140 cm³/mol. The van der Waals surface area contributed by atoms with Gasteiger partial charge in [-0.3, -0.25) is 15.8 Å². The highest BCUT2D eigenvalue weighted by atomic mass is 35.5. The molecule has 2 aliphatic heterocycles. The van der Waals surface area contributed by atoms with Crippen LogP contribution in [0, 0.1) is 0 Å². The fraction of sp³-hybridized carbons (Fsp3) is 0.273. The predicted octanol–water partition coefficient (Wildman–Crippen LogP) is 3.08. The maximum absolute atomic E-state index is 12.2. The summed E-state index contributed by atoms with van der Waals surface area (Å²) in [5.74, 6) is -0.206. The fourth-order valence-electron chi connectivity index (χ4n) is 4.29. The van der Waals surface area contributed by atoms with Crippen molar-refractivity contribution in [2.24, 2.45) is 20.2 Å². The van der Waals surface area contributed by atoms with E-state index in [0.29, 0.717) is 54.1 Å². The first-order chi connectivity index (χ1) is 16.2. The number of hydrogen-bond acceptors (Lipinski definition) is 10. The number of rotatable bonds is 5. The van der Waals surface area contributed by atoms with E-state index in [2.05, 4.69) is 41.7 Å². The molecule has 0 amide bonds. The highest BCUT2D eigenvalue weighted by molar-refractivity contribution is 6.35. The quantitative estimate of drug-likeness (QED) is 0.263. The summed E-state index contributed by atoms with van der Waals surface area (Å²) in [5.41, 5.74) is 9.64. The minimum absolute atomic E-state index is 0. The number of azo groups is 1. The second kappa shape index (κ2) is 11.5. The summed E-state index contributed by atoms with van der Waals surface area (Å²) in [6.07, 6.45) is 1.71. The van der Waals surface area contributed by atoms with Crippen molar-refractivity contribution >= 4 is 72.3 Å². The minimum Gasteiger partial charge on any atom is -0.353 e. The van der Waals surface area contributed by atoms with Crippen LogP contribution in [-0.2, 0) is 9.59 Å². The van der Waals surface area contributed by atoms with Gasteiger partial charge in [-0.25, -0.2) is 4.99 Å². The molecular formula is C22H23Cl3N8O2. The van der Waals surface area contributed by atoms with Crippen molar-refractivity contribution in [2.75, 3.05) is 31.6 Å². The molecule has 13 heteroatoms. The Labute approximate surface area is 218 Å². The molecule has 0 saturated carbocycles. The van der Waals surface area contributed by atoms with Crippen molar-refractivity contribution in [1.29, 1.82) is 0 Å². The Kier molecular flexibility index (Phi) is 8.66. The average molecular weight is 538 g/mol. The lowest BCUT2D eigenvalue weighted by molar-refractivity contribution is -0.109. The molecule has 0 radical (unpaired) electrons. The van der Waals surface area contributed by atoms with E-state index >= 15 is 0 Å². The first kappa shape index (κ1) is 26.4. The van der Waals surface area contributed by atoms with E-state index in [1.54, 1.807) is 6.07 Å². The number of hydrazine groups is 1. The van der Waals surface area contributed by atoms with Gasteiger partial charge in [-0.2, -0.15) is 0 Å². The summed E-state index contributed by atoms with van der Waals surface area (Å²) in [4.78, 5) is 32.9. The highest BCUT2D eigenvalue weighted by Crippen LogP contribution is 2.50. The zero-order valence-corrected chi connectivity index (χ0v) is 20.7. The maximum Gasteiger partial charge on any atom is 0.238 e. The van der Waals surface area contributed by atoms with Gasteiger partial charge in [0.25, 0.3) is 0 Å². The number of aliphatic imine (C=N–C) groups is 2. The number of hydrogen-bond donors (Lipinski definition) is 4. The third-order valence-electron chi connectivity index (χ3n) is 5.79. The molecule has 2 unspecified atom stereocenters. The zero-order valence-electron chi connectivity index (χ0n) is 18.3. The van der Waals surface area contributed by atoms with Crippen molar-refractivity contribution in [2.45, 2.75) is 11.8 Å². The number of carbonyl (C=O) groups excluding carboxylic acids is 2. The van der Waals surface area contributed by atoms with Crippen LogP contribution in [0.5, 0.6) is 0 Å². The van der Waals surface area contributed by atoms with E-state index in [4.69, 9.17) is 11.6 Å². The highest BCUT2D eigenvalue weighted by Gasteiger charge is 2.35. The molecular weight excluding hydrogens is 515 g/mol. The topological polar surface area (TPSA) is 132 Å². The smallest absolute Gasteiger partial charge is 0.238 e. The lowest BCUT2D eigenvalue weighted by Gasteiger charge is -2.31. The number of guanidine groups is 2. The summed E-state index contributed by atoms with van der Waals surface area (Å²) in [7, 11) is 0. The third kappa shape index (κ3) is 4.95. The summed E-state index contributed by atoms with van der Waals surface area (Å²) in [6, 6.07) is 9.19. The van der Waals surface area contributed by atoms with Crippen LogP contribution in [0.15, 0.2) is 50.5 Å². The molecule has 2 aromatic rings. The Morgan fingerprint density at radius 2 is 1.60 bits per heavy atom. The molecule has 2 atom stereocenters. The number of benzene rings is 2. The lowest BCUT2D eigenvalue weighted by atomic mass is 9.73. The van der Waals surface area contributed by atoms with E-state index in [1.165, 1.54) is 0 Å². The van der Waals surface area contributed by atoms with Crippen LogP contribution in [-0.4, -0.2) is 50.7 Å². The van der Waals surface area contributed by atoms with Crippen LogP contribution in [0.1, 0.15) is 34.1 Å². The van der Waals surface area contributed by atoms with Crippen LogP contribution in [0.4, 0.5) is 11.4 Å². The molecule has 0 aromatic heterocycles. The first-order valence-electron chi connectivity index (χ1n) is 10.6. The van der Waals surface area contributed by atoms with Gasteiger partial charge in [0.2, 0.25) is 11.9 Å². The standard InChI is InChI=1S/C22H21ClN8O2.2ClH/c23-19-18-14(15(10-32)12-3-1-2-4-13(12)16(18)11-33)9-17(28-30-21-24-5-6-25-21)20(19)29-31-22-26-7-8-27-22;;/h1-4,9-11,15-16,28H,5-8H2,(H,26,27)(H2,24,25,30);2*1H. The molecule has 1 aliphatic carbocycles. The maximum atomic E-state index is 12.2. The second-order valence-corrected chi connectivity index (χ2v) is 8.06. The van der Waals surface area contributed by atoms with Crippen molar-refractivity contribution in [1.82, 2.24) is 16.1 Å². The third-order valence-corrected chi connectivity index (χ3v) is 6.17. The number of aldehydes is 2. The molecule has 0 bridgehead atoms. The van der Waals surface area contributed by atoms with Crippen LogP contribution in [0.3, 0.4) is 0 Å². The SMILES string of the molecule is Cl.Cl.O=CC1c2ccccc2C(C=O)c2c1cc(NNC1=NCCN1)c(N=NC1=NCCN1)c2Cl. The number of nitrogens with zero attached hydrogens (tertiary/aromatic N) is 4. The van der Waals surface area contributed by atoms with Gasteiger partial charge in [0.1, 0.15) is 18.3 Å². The molecule has 184 valence electrons. The van der Waals surface area contributed by atoms with Gasteiger partial charge in [0, 0.05) is 13.1 Å². The van der Waals surface area contributed by atoms with Crippen molar-refractivity contribution in [3.05, 3.63) is 57.6 Å². The van der Waals surface area contributed by atoms with Crippen LogP contribution < -0.4 is 21.5 Å². The number of fused-ring (bicyclic) bond motifs is 2. The number of anilines is 1. The van der Waals surface area contributed by atoms with Gasteiger partial charge < -0.3 is 20.2 Å². The van der Waals surface area contributed by atoms with Crippen molar-refractivity contribution in [3.63, 3.8) is 0 Å². The van der Waals surface area contributed by atoms with Crippen molar-refractivity contribution in [3.8, 4) is 0 Å². The zero-order chi connectivity index (χ0) is 22.8. The first-order valence-corrected chi connectivity index (χ1v) is 10.9. The van der Waals surface area contributed by atoms with Crippen molar-refractivity contribution < 1.29 is 9.59 Å². The molecule has 2 aromatic carbocycles. The molecule has 0 fully saturated rings. The Hall–Kier alpha value is -3.21. The van der Waals surface area contributed by atoms with E-state index in [0.717, 1.165) is 30.2 Å². The Bertz CT molecular complexity index is 1220. The molecule has 4 N–H and O–H groups in total. The van der Waals surface area contributed by atoms with Gasteiger partial charge in [-0.05, 0) is 28.3 Å². The Morgan fingerprint density at radius 3 is 2.23 bits per heavy atom.